The maximum absolute atomic E-state index is 6.34. The second-order valence-corrected chi connectivity index (χ2v) is 6.16. The van der Waals surface area contributed by atoms with Crippen LogP contribution in [0.25, 0.3) is 0 Å². The van der Waals surface area contributed by atoms with Gasteiger partial charge in [-0.15, -0.1) is 0 Å². The Bertz CT molecular complexity index is 603. The molecule has 0 aromatic heterocycles. The van der Waals surface area contributed by atoms with Crippen LogP contribution in [-0.4, -0.2) is 6.54 Å². The fourth-order valence-corrected chi connectivity index (χ4v) is 2.59. The van der Waals surface area contributed by atoms with Crippen molar-refractivity contribution >= 4 is 27.5 Å². The van der Waals surface area contributed by atoms with E-state index < -0.39 is 0 Å². The molecular formula is C17H19BrClNO. The molecule has 0 amide bonds. The molecule has 0 aliphatic rings. The van der Waals surface area contributed by atoms with Crippen LogP contribution >= 0.6 is 27.5 Å². The monoisotopic (exact) mass is 367 g/mol. The van der Waals surface area contributed by atoms with E-state index in [0.717, 1.165) is 28.8 Å². The third-order valence-corrected chi connectivity index (χ3v) is 4.16. The first-order valence-electron chi connectivity index (χ1n) is 7.07. The molecule has 112 valence electrons. The van der Waals surface area contributed by atoms with Crippen LogP contribution in [0.1, 0.15) is 31.9 Å². The Morgan fingerprint density at radius 3 is 2.62 bits per heavy atom. The van der Waals surface area contributed by atoms with Crippen LogP contribution in [0.15, 0.2) is 46.9 Å². The molecule has 0 radical (unpaired) electrons. The normalized spacial score (nSPS) is 12.2. The number of nitrogens with one attached hydrogen (secondary N) is 1. The molecule has 0 heterocycles. The molecule has 2 nitrogen and oxygen atoms in total. The first-order chi connectivity index (χ1) is 10.1. The van der Waals surface area contributed by atoms with Gasteiger partial charge in [0, 0.05) is 6.04 Å². The van der Waals surface area contributed by atoms with Crippen molar-refractivity contribution in [1.29, 1.82) is 0 Å². The van der Waals surface area contributed by atoms with Gasteiger partial charge in [-0.2, -0.15) is 0 Å². The largest absolute Gasteiger partial charge is 0.455 e. The molecular weight excluding hydrogens is 350 g/mol. The van der Waals surface area contributed by atoms with Crippen LogP contribution in [0.4, 0.5) is 0 Å². The first-order valence-corrected chi connectivity index (χ1v) is 8.24. The van der Waals surface area contributed by atoms with E-state index in [1.165, 1.54) is 0 Å². The van der Waals surface area contributed by atoms with E-state index in [1.807, 2.05) is 42.5 Å². The van der Waals surface area contributed by atoms with Gasteiger partial charge in [0.2, 0.25) is 0 Å². The van der Waals surface area contributed by atoms with E-state index in [-0.39, 0.29) is 6.04 Å². The molecule has 4 heteroatoms. The third-order valence-electron chi connectivity index (χ3n) is 3.21. The van der Waals surface area contributed by atoms with Gasteiger partial charge in [0.05, 0.1) is 9.50 Å². The summed E-state index contributed by atoms with van der Waals surface area (Å²) < 4.78 is 6.76. The Morgan fingerprint density at radius 1 is 1.19 bits per heavy atom. The molecule has 0 spiro atoms. The average molecular weight is 369 g/mol. The molecule has 1 N–H and O–H groups in total. The number of ether oxygens (including phenoxy) is 1. The lowest BCUT2D eigenvalue weighted by atomic mass is 10.1. The van der Waals surface area contributed by atoms with Gasteiger partial charge in [0.15, 0.2) is 0 Å². The van der Waals surface area contributed by atoms with Gasteiger partial charge in [-0.05, 0) is 65.6 Å². The smallest absolute Gasteiger partial charge is 0.146 e. The van der Waals surface area contributed by atoms with Crippen LogP contribution in [0.3, 0.4) is 0 Å². The molecule has 0 saturated carbocycles. The maximum Gasteiger partial charge on any atom is 0.146 e. The molecule has 0 fully saturated rings. The standard InChI is InChI=1S/C17H19BrClNO/c1-3-10-20-12(2)13-8-9-17(15(19)11-13)21-16-7-5-4-6-14(16)18/h4-9,11-12,20H,3,10H2,1-2H3. The van der Waals surface area contributed by atoms with Crippen molar-refractivity contribution in [3.05, 3.63) is 57.5 Å². The highest BCUT2D eigenvalue weighted by atomic mass is 79.9. The molecule has 0 bridgehead atoms. The predicted octanol–water partition coefficient (Wildman–Crippen LogP) is 5.96. The Hall–Kier alpha value is -1.03. The van der Waals surface area contributed by atoms with E-state index >= 15 is 0 Å². The zero-order valence-corrected chi connectivity index (χ0v) is 14.5. The van der Waals surface area contributed by atoms with Gasteiger partial charge in [-0.25, -0.2) is 0 Å². The molecule has 1 atom stereocenters. The number of halogens is 2. The lowest BCUT2D eigenvalue weighted by molar-refractivity contribution is 0.479. The van der Waals surface area contributed by atoms with Crippen LogP contribution in [0.2, 0.25) is 5.02 Å². The van der Waals surface area contributed by atoms with Crippen LogP contribution in [0, 0.1) is 0 Å². The van der Waals surface area contributed by atoms with E-state index in [0.29, 0.717) is 10.8 Å². The highest BCUT2D eigenvalue weighted by Crippen LogP contribution is 2.34. The summed E-state index contributed by atoms with van der Waals surface area (Å²) in [4.78, 5) is 0. The fourth-order valence-electron chi connectivity index (χ4n) is 1.99. The first kappa shape index (κ1) is 16.3. The van der Waals surface area contributed by atoms with Gasteiger partial charge in [0.1, 0.15) is 11.5 Å². The maximum atomic E-state index is 6.34. The van der Waals surface area contributed by atoms with Crippen molar-refractivity contribution in [3.63, 3.8) is 0 Å². The van der Waals surface area contributed by atoms with Crippen molar-refractivity contribution in [2.45, 2.75) is 26.3 Å². The Morgan fingerprint density at radius 2 is 1.95 bits per heavy atom. The van der Waals surface area contributed by atoms with Gasteiger partial charge < -0.3 is 10.1 Å². The summed E-state index contributed by atoms with van der Waals surface area (Å²) in [6, 6.07) is 13.9. The Kier molecular flexibility index (Phi) is 6.09. The molecule has 0 aliphatic heterocycles. The lowest BCUT2D eigenvalue weighted by Crippen LogP contribution is -2.19. The van der Waals surface area contributed by atoms with Gasteiger partial charge in [-0.1, -0.05) is 36.7 Å². The van der Waals surface area contributed by atoms with Crippen molar-refractivity contribution in [2.75, 3.05) is 6.54 Å². The molecule has 0 aliphatic carbocycles. The van der Waals surface area contributed by atoms with Crippen molar-refractivity contribution < 1.29 is 4.74 Å². The summed E-state index contributed by atoms with van der Waals surface area (Å²) in [5.74, 6) is 1.42. The molecule has 2 aromatic rings. The second-order valence-electron chi connectivity index (χ2n) is 4.90. The lowest BCUT2D eigenvalue weighted by Gasteiger charge is -2.15. The topological polar surface area (TPSA) is 21.3 Å². The molecule has 0 saturated heterocycles. The zero-order chi connectivity index (χ0) is 15.2. The van der Waals surface area contributed by atoms with E-state index in [2.05, 4.69) is 35.1 Å². The average Bonchev–Trinajstić information content (AvgIpc) is 2.49. The predicted molar refractivity (Wildman–Crippen MR) is 92.4 cm³/mol. The van der Waals surface area contributed by atoms with Crippen LogP contribution in [0.5, 0.6) is 11.5 Å². The second kappa shape index (κ2) is 7.83. The molecule has 2 aromatic carbocycles. The van der Waals surface area contributed by atoms with Crippen LogP contribution < -0.4 is 10.1 Å². The minimum absolute atomic E-state index is 0.278. The summed E-state index contributed by atoms with van der Waals surface area (Å²) in [5.41, 5.74) is 1.16. The summed E-state index contributed by atoms with van der Waals surface area (Å²) in [7, 11) is 0. The molecule has 21 heavy (non-hydrogen) atoms. The van der Waals surface area contributed by atoms with Gasteiger partial charge in [-0.3, -0.25) is 0 Å². The van der Waals surface area contributed by atoms with E-state index in [9.17, 15) is 0 Å². The zero-order valence-electron chi connectivity index (χ0n) is 12.2. The minimum atomic E-state index is 0.278. The Labute approximate surface area is 139 Å². The van der Waals surface area contributed by atoms with E-state index in [4.69, 9.17) is 16.3 Å². The summed E-state index contributed by atoms with van der Waals surface area (Å²) >= 11 is 9.81. The van der Waals surface area contributed by atoms with Gasteiger partial charge in [0.25, 0.3) is 0 Å². The van der Waals surface area contributed by atoms with Gasteiger partial charge >= 0.3 is 0 Å². The number of rotatable bonds is 6. The van der Waals surface area contributed by atoms with Crippen molar-refractivity contribution in [1.82, 2.24) is 5.32 Å². The highest BCUT2D eigenvalue weighted by molar-refractivity contribution is 9.10. The third kappa shape index (κ3) is 4.47. The SMILES string of the molecule is CCCNC(C)c1ccc(Oc2ccccc2Br)c(Cl)c1. The summed E-state index contributed by atoms with van der Waals surface area (Å²) in [6.07, 6.45) is 1.11. The van der Waals surface area contributed by atoms with E-state index in [1.54, 1.807) is 0 Å². The quantitative estimate of drug-likeness (QED) is 0.679. The highest BCUT2D eigenvalue weighted by Gasteiger charge is 2.10. The number of benzene rings is 2. The number of para-hydroxylation sites is 1. The minimum Gasteiger partial charge on any atom is -0.455 e. The van der Waals surface area contributed by atoms with Crippen molar-refractivity contribution in [2.24, 2.45) is 0 Å². The molecule has 1 unspecified atom stereocenters. The number of hydrogen-bond donors (Lipinski definition) is 1. The van der Waals surface area contributed by atoms with Crippen molar-refractivity contribution in [3.8, 4) is 11.5 Å². The Balaban J connectivity index is 2.14. The fraction of sp³-hybridized carbons (Fsp3) is 0.294. The molecule has 2 rings (SSSR count). The summed E-state index contributed by atoms with van der Waals surface area (Å²) in [5, 5.41) is 4.07. The summed E-state index contributed by atoms with van der Waals surface area (Å²) in [6.45, 7) is 5.28. The van der Waals surface area contributed by atoms with Crippen LogP contribution in [-0.2, 0) is 0 Å². The number of hydrogen-bond acceptors (Lipinski definition) is 2.